The zero-order valence-electron chi connectivity index (χ0n) is 11.3. The molecule has 0 spiro atoms. The fourth-order valence-electron chi connectivity index (χ4n) is 1.39. The van der Waals surface area contributed by atoms with Gasteiger partial charge in [-0.05, 0) is 18.6 Å². The molecule has 19 heavy (non-hydrogen) atoms. The van der Waals surface area contributed by atoms with Crippen LogP contribution in [0.4, 0.5) is 5.69 Å². The van der Waals surface area contributed by atoms with Gasteiger partial charge in [0.25, 0.3) is 0 Å². The molecule has 0 fully saturated rings. The summed E-state index contributed by atoms with van der Waals surface area (Å²) in [5.41, 5.74) is 6.24. The zero-order chi connectivity index (χ0) is 13.9. The van der Waals surface area contributed by atoms with Gasteiger partial charge in [-0.25, -0.2) is 0 Å². The summed E-state index contributed by atoms with van der Waals surface area (Å²) >= 11 is 0. The number of anilines is 1. The first-order valence-corrected chi connectivity index (χ1v) is 6.44. The van der Waals surface area contributed by atoms with Crippen molar-refractivity contribution in [1.82, 2.24) is 0 Å². The van der Waals surface area contributed by atoms with Gasteiger partial charge in [-0.1, -0.05) is 13.0 Å². The highest BCUT2D eigenvalue weighted by molar-refractivity contribution is 5.69. The summed E-state index contributed by atoms with van der Waals surface area (Å²) in [6.07, 6.45) is 1.17. The van der Waals surface area contributed by atoms with E-state index in [9.17, 15) is 4.79 Å². The lowest BCUT2D eigenvalue weighted by Crippen LogP contribution is -2.13. The smallest absolute Gasteiger partial charge is 0.309 e. The van der Waals surface area contributed by atoms with E-state index in [1.54, 1.807) is 24.3 Å². The van der Waals surface area contributed by atoms with Gasteiger partial charge in [0.1, 0.15) is 12.4 Å². The van der Waals surface area contributed by atoms with Gasteiger partial charge in [0.2, 0.25) is 0 Å². The summed E-state index contributed by atoms with van der Waals surface area (Å²) in [5, 5.41) is 0. The van der Waals surface area contributed by atoms with Crippen LogP contribution in [0.15, 0.2) is 24.3 Å². The highest BCUT2D eigenvalue weighted by atomic mass is 16.6. The predicted molar refractivity (Wildman–Crippen MR) is 73.0 cm³/mol. The summed E-state index contributed by atoms with van der Waals surface area (Å²) in [6, 6.07) is 7.08. The average Bonchev–Trinajstić information content (AvgIpc) is 2.38. The molecule has 0 aliphatic heterocycles. The molecule has 0 aromatic heterocycles. The summed E-state index contributed by atoms with van der Waals surface area (Å²) in [7, 11) is 0. The van der Waals surface area contributed by atoms with E-state index in [0.717, 1.165) is 6.42 Å². The molecule has 0 aliphatic rings. The number of rotatable bonds is 9. The molecule has 0 saturated heterocycles. The third-order valence-electron chi connectivity index (χ3n) is 2.27. The molecule has 2 N–H and O–H groups in total. The number of carbonyl (C=O) groups excluding carboxylic acids is 1. The molecule has 0 amide bonds. The van der Waals surface area contributed by atoms with Crippen LogP contribution in [0.2, 0.25) is 0 Å². The predicted octanol–water partition coefficient (Wildman–Crippen LogP) is 2.01. The summed E-state index contributed by atoms with van der Waals surface area (Å²) in [4.78, 5) is 11.4. The monoisotopic (exact) mass is 267 g/mol. The van der Waals surface area contributed by atoms with Crippen LogP contribution in [0.25, 0.3) is 0 Å². The molecule has 5 nitrogen and oxygen atoms in total. The summed E-state index contributed by atoms with van der Waals surface area (Å²) < 4.78 is 15.6. The Bertz CT molecular complexity index is 381. The molecule has 1 aromatic rings. The van der Waals surface area contributed by atoms with Crippen LogP contribution in [0.5, 0.6) is 5.75 Å². The average molecular weight is 267 g/mol. The maximum atomic E-state index is 11.4. The van der Waals surface area contributed by atoms with Crippen molar-refractivity contribution in [3.05, 3.63) is 24.3 Å². The van der Waals surface area contributed by atoms with Gasteiger partial charge in [-0.15, -0.1) is 0 Å². The Kier molecular flexibility index (Phi) is 7.43. The normalized spacial score (nSPS) is 10.2. The van der Waals surface area contributed by atoms with E-state index < -0.39 is 0 Å². The fraction of sp³-hybridized carbons (Fsp3) is 0.500. The molecule has 1 aromatic carbocycles. The lowest BCUT2D eigenvalue weighted by atomic mass is 10.3. The second-order valence-corrected chi connectivity index (χ2v) is 4.00. The van der Waals surface area contributed by atoms with Crippen LogP contribution >= 0.6 is 0 Å². The molecule has 0 aliphatic carbocycles. The van der Waals surface area contributed by atoms with Crippen LogP contribution in [-0.4, -0.2) is 32.4 Å². The van der Waals surface area contributed by atoms with Crippen molar-refractivity contribution in [1.29, 1.82) is 0 Å². The molecule has 0 saturated carbocycles. The van der Waals surface area contributed by atoms with E-state index in [2.05, 4.69) is 0 Å². The fourth-order valence-corrected chi connectivity index (χ4v) is 1.39. The van der Waals surface area contributed by atoms with Gasteiger partial charge in [-0.2, -0.15) is 0 Å². The molecule has 1 rings (SSSR count). The van der Waals surface area contributed by atoms with Crippen LogP contribution in [-0.2, 0) is 14.3 Å². The van der Waals surface area contributed by atoms with Crippen molar-refractivity contribution >= 4 is 11.7 Å². The zero-order valence-corrected chi connectivity index (χ0v) is 11.3. The molecular weight excluding hydrogens is 246 g/mol. The Hall–Kier alpha value is -1.75. The van der Waals surface area contributed by atoms with E-state index in [0.29, 0.717) is 24.7 Å². The topological polar surface area (TPSA) is 70.8 Å². The quantitative estimate of drug-likeness (QED) is 0.421. The SMILES string of the molecule is CCCOCCOC(=O)CCOc1cccc(N)c1. The van der Waals surface area contributed by atoms with Gasteiger partial charge >= 0.3 is 5.97 Å². The maximum absolute atomic E-state index is 11.4. The number of carbonyl (C=O) groups is 1. The molecule has 0 unspecified atom stereocenters. The van der Waals surface area contributed by atoms with E-state index in [-0.39, 0.29) is 25.6 Å². The highest BCUT2D eigenvalue weighted by Crippen LogP contribution is 2.14. The van der Waals surface area contributed by atoms with Crippen molar-refractivity contribution < 1.29 is 19.0 Å². The van der Waals surface area contributed by atoms with Crippen molar-refractivity contribution in [2.75, 3.05) is 32.2 Å². The Morgan fingerprint density at radius 2 is 2.05 bits per heavy atom. The summed E-state index contributed by atoms with van der Waals surface area (Å²) in [5.74, 6) is 0.364. The van der Waals surface area contributed by atoms with Crippen molar-refractivity contribution in [2.45, 2.75) is 19.8 Å². The van der Waals surface area contributed by atoms with Gasteiger partial charge in [0.05, 0.1) is 19.6 Å². The van der Waals surface area contributed by atoms with E-state index in [1.165, 1.54) is 0 Å². The lowest BCUT2D eigenvalue weighted by molar-refractivity contribution is -0.145. The number of nitrogen functional groups attached to an aromatic ring is 1. The third-order valence-corrected chi connectivity index (χ3v) is 2.27. The third kappa shape index (κ3) is 7.31. The molecule has 0 heterocycles. The number of hydrogen-bond acceptors (Lipinski definition) is 5. The lowest BCUT2D eigenvalue weighted by Gasteiger charge is -2.07. The molecule has 106 valence electrons. The molecule has 0 radical (unpaired) electrons. The van der Waals surface area contributed by atoms with Gasteiger partial charge in [-0.3, -0.25) is 4.79 Å². The van der Waals surface area contributed by atoms with E-state index in [4.69, 9.17) is 19.9 Å². The summed E-state index contributed by atoms with van der Waals surface area (Å²) in [6.45, 7) is 3.72. The van der Waals surface area contributed by atoms with Crippen molar-refractivity contribution in [3.63, 3.8) is 0 Å². The number of nitrogens with two attached hydrogens (primary N) is 1. The first-order chi connectivity index (χ1) is 9.22. The van der Waals surface area contributed by atoms with E-state index in [1.807, 2.05) is 6.92 Å². The minimum absolute atomic E-state index is 0.211. The first-order valence-electron chi connectivity index (χ1n) is 6.44. The standard InChI is InChI=1S/C14H21NO4/c1-2-7-17-9-10-19-14(16)6-8-18-13-5-3-4-12(15)11-13/h3-5,11H,2,6-10,15H2,1H3. The van der Waals surface area contributed by atoms with Crippen LogP contribution in [0.3, 0.4) is 0 Å². The Labute approximate surface area is 113 Å². The number of ether oxygens (including phenoxy) is 3. The minimum Gasteiger partial charge on any atom is -0.493 e. The second-order valence-electron chi connectivity index (χ2n) is 4.00. The maximum Gasteiger partial charge on any atom is 0.309 e. The number of benzene rings is 1. The first kappa shape index (κ1) is 15.3. The van der Waals surface area contributed by atoms with Crippen molar-refractivity contribution in [3.8, 4) is 5.75 Å². The van der Waals surface area contributed by atoms with E-state index >= 15 is 0 Å². The Balaban J connectivity index is 2.07. The van der Waals surface area contributed by atoms with Gasteiger partial charge in [0, 0.05) is 18.4 Å². The minimum atomic E-state index is -0.288. The van der Waals surface area contributed by atoms with Crippen LogP contribution in [0, 0.1) is 0 Å². The second kappa shape index (κ2) is 9.22. The van der Waals surface area contributed by atoms with Crippen LogP contribution < -0.4 is 10.5 Å². The Morgan fingerprint density at radius 1 is 1.21 bits per heavy atom. The molecular formula is C14H21NO4. The van der Waals surface area contributed by atoms with Gasteiger partial charge < -0.3 is 19.9 Å². The van der Waals surface area contributed by atoms with Crippen molar-refractivity contribution in [2.24, 2.45) is 0 Å². The molecule has 0 bridgehead atoms. The van der Waals surface area contributed by atoms with Crippen LogP contribution in [0.1, 0.15) is 19.8 Å². The van der Waals surface area contributed by atoms with Gasteiger partial charge in [0.15, 0.2) is 0 Å². The number of hydrogen-bond donors (Lipinski definition) is 1. The molecule has 0 atom stereocenters. The number of esters is 1. The largest absolute Gasteiger partial charge is 0.493 e. The Morgan fingerprint density at radius 3 is 2.79 bits per heavy atom. The highest BCUT2D eigenvalue weighted by Gasteiger charge is 2.03. The molecule has 5 heteroatoms.